The van der Waals surface area contributed by atoms with Gasteiger partial charge in [-0.3, -0.25) is 0 Å². The average molecular weight is 222 g/mol. The van der Waals surface area contributed by atoms with E-state index >= 15 is 0 Å². The van der Waals surface area contributed by atoms with Crippen LogP contribution in [-0.4, -0.2) is 24.2 Å². The number of ether oxygens (including phenoxy) is 1. The second kappa shape index (κ2) is 6.48. The third kappa shape index (κ3) is 4.19. The Bertz CT molecular complexity index is 313. The highest BCUT2D eigenvalue weighted by molar-refractivity contribution is 5.23. The molecule has 0 saturated carbocycles. The molecule has 0 aliphatic rings. The van der Waals surface area contributed by atoms with Crippen LogP contribution in [0.25, 0.3) is 0 Å². The van der Waals surface area contributed by atoms with E-state index in [9.17, 15) is 0 Å². The van der Waals surface area contributed by atoms with Crippen LogP contribution < -0.4 is 10.1 Å². The Morgan fingerprint density at radius 2 is 2.12 bits per heavy atom. The number of nitrogens with zero attached hydrogens (tertiary/aromatic N) is 1. The minimum atomic E-state index is 0.148. The lowest BCUT2D eigenvalue weighted by atomic mass is 10.1. The third-order valence-corrected chi connectivity index (χ3v) is 2.43. The van der Waals surface area contributed by atoms with Crippen LogP contribution >= 0.6 is 0 Å². The fourth-order valence-corrected chi connectivity index (χ4v) is 1.44. The SMILES string of the molecule is CCNC[C@H](C)Oc1cc(C(C)C)ccn1. The monoisotopic (exact) mass is 222 g/mol. The van der Waals surface area contributed by atoms with Gasteiger partial charge in [-0.25, -0.2) is 4.98 Å². The Kier molecular flexibility index (Phi) is 5.26. The Labute approximate surface area is 98.2 Å². The quantitative estimate of drug-likeness (QED) is 0.803. The molecule has 1 aromatic heterocycles. The zero-order valence-electron chi connectivity index (χ0n) is 10.7. The number of hydrogen-bond donors (Lipinski definition) is 1. The van der Waals surface area contributed by atoms with Crippen molar-refractivity contribution in [3.05, 3.63) is 23.9 Å². The normalized spacial score (nSPS) is 12.8. The van der Waals surface area contributed by atoms with Crippen molar-refractivity contribution in [3.8, 4) is 5.88 Å². The van der Waals surface area contributed by atoms with Crippen molar-refractivity contribution in [1.29, 1.82) is 0 Å². The lowest BCUT2D eigenvalue weighted by Gasteiger charge is -2.15. The zero-order chi connectivity index (χ0) is 12.0. The van der Waals surface area contributed by atoms with Gasteiger partial charge in [0.25, 0.3) is 0 Å². The van der Waals surface area contributed by atoms with E-state index < -0.39 is 0 Å². The maximum absolute atomic E-state index is 5.73. The van der Waals surface area contributed by atoms with E-state index in [0.717, 1.165) is 19.0 Å². The van der Waals surface area contributed by atoms with Gasteiger partial charge >= 0.3 is 0 Å². The van der Waals surface area contributed by atoms with Crippen LogP contribution in [0.3, 0.4) is 0 Å². The Hall–Kier alpha value is -1.09. The molecule has 0 amide bonds. The molecule has 0 bridgehead atoms. The molecule has 1 heterocycles. The van der Waals surface area contributed by atoms with Gasteiger partial charge in [0.2, 0.25) is 5.88 Å². The van der Waals surface area contributed by atoms with E-state index in [1.807, 2.05) is 25.3 Å². The average Bonchev–Trinajstić information content (AvgIpc) is 2.26. The lowest BCUT2D eigenvalue weighted by Crippen LogP contribution is -2.28. The maximum Gasteiger partial charge on any atom is 0.213 e. The van der Waals surface area contributed by atoms with Crippen molar-refractivity contribution in [3.63, 3.8) is 0 Å². The minimum absolute atomic E-state index is 0.148. The van der Waals surface area contributed by atoms with Gasteiger partial charge in [0.15, 0.2) is 0 Å². The van der Waals surface area contributed by atoms with Crippen LogP contribution in [0.15, 0.2) is 18.3 Å². The highest BCUT2D eigenvalue weighted by atomic mass is 16.5. The lowest BCUT2D eigenvalue weighted by molar-refractivity contribution is 0.209. The first-order valence-corrected chi connectivity index (χ1v) is 5.96. The molecule has 0 radical (unpaired) electrons. The fraction of sp³-hybridized carbons (Fsp3) is 0.615. The first kappa shape index (κ1) is 13.0. The first-order valence-electron chi connectivity index (χ1n) is 5.96. The summed E-state index contributed by atoms with van der Waals surface area (Å²) in [5, 5.41) is 3.25. The fourth-order valence-electron chi connectivity index (χ4n) is 1.44. The number of rotatable bonds is 6. The van der Waals surface area contributed by atoms with Gasteiger partial charge < -0.3 is 10.1 Å². The summed E-state index contributed by atoms with van der Waals surface area (Å²) in [4.78, 5) is 4.22. The standard InChI is InChI=1S/C13H22N2O/c1-5-14-9-11(4)16-13-8-12(10(2)3)6-7-15-13/h6-8,10-11,14H,5,9H2,1-4H3/t11-/m0/s1. The molecule has 0 fully saturated rings. The third-order valence-electron chi connectivity index (χ3n) is 2.43. The van der Waals surface area contributed by atoms with Gasteiger partial charge in [0.05, 0.1) is 0 Å². The molecular formula is C13H22N2O. The van der Waals surface area contributed by atoms with Gasteiger partial charge in [-0.05, 0) is 31.0 Å². The van der Waals surface area contributed by atoms with Crippen molar-refractivity contribution >= 4 is 0 Å². The van der Waals surface area contributed by atoms with Gasteiger partial charge in [0.1, 0.15) is 6.10 Å². The maximum atomic E-state index is 5.73. The molecule has 0 unspecified atom stereocenters. The van der Waals surface area contributed by atoms with Crippen molar-refractivity contribution in [2.75, 3.05) is 13.1 Å². The summed E-state index contributed by atoms with van der Waals surface area (Å²) in [6, 6.07) is 4.06. The van der Waals surface area contributed by atoms with Crippen molar-refractivity contribution < 1.29 is 4.74 Å². The molecular weight excluding hydrogens is 200 g/mol. The van der Waals surface area contributed by atoms with Crippen LogP contribution in [0.4, 0.5) is 0 Å². The molecule has 1 N–H and O–H groups in total. The molecule has 3 heteroatoms. The van der Waals surface area contributed by atoms with Crippen molar-refractivity contribution in [2.24, 2.45) is 0 Å². The molecule has 1 aromatic rings. The van der Waals surface area contributed by atoms with E-state index in [1.165, 1.54) is 5.56 Å². The molecule has 16 heavy (non-hydrogen) atoms. The molecule has 0 saturated heterocycles. The van der Waals surface area contributed by atoms with Crippen LogP contribution in [-0.2, 0) is 0 Å². The molecule has 0 spiro atoms. The van der Waals surface area contributed by atoms with Crippen molar-refractivity contribution in [2.45, 2.75) is 39.7 Å². The molecule has 0 aliphatic carbocycles. The topological polar surface area (TPSA) is 34.1 Å². The van der Waals surface area contributed by atoms with E-state index in [1.54, 1.807) is 0 Å². The Morgan fingerprint density at radius 3 is 2.75 bits per heavy atom. The summed E-state index contributed by atoms with van der Waals surface area (Å²) in [6.45, 7) is 10.3. The van der Waals surface area contributed by atoms with Gasteiger partial charge in [-0.15, -0.1) is 0 Å². The van der Waals surface area contributed by atoms with E-state index in [-0.39, 0.29) is 6.10 Å². The molecule has 1 atom stereocenters. The van der Waals surface area contributed by atoms with E-state index in [0.29, 0.717) is 5.92 Å². The van der Waals surface area contributed by atoms with Gasteiger partial charge in [0, 0.05) is 18.8 Å². The highest BCUT2D eigenvalue weighted by Crippen LogP contribution is 2.18. The summed E-state index contributed by atoms with van der Waals surface area (Å²) in [5.41, 5.74) is 1.26. The van der Waals surface area contributed by atoms with Crippen LogP contribution in [0.5, 0.6) is 5.88 Å². The molecule has 3 nitrogen and oxygen atoms in total. The number of nitrogens with one attached hydrogen (secondary N) is 1. The largest absolute Gasteiger partial charge is 0.473 e. The van der Waals surface area contributed by atoms with Crippen LogP contribution in [0.2, 0.25) is 0 Å². The number of pyridine rings is 1. The van der Waals surface area contributed by atoms with Crippen LogP contribution in [0, 0.1) is 0 Å². The highest BCUT2D eigenvalue weighted by Gasteiger charge is 2.06. The summed E-state index contributed by atoms with van der Waals surface area (Å²) < 4.78 is 5.73. The molecule has 90 valence electrons. The van der Waals surface area contributed by atoms with E-state index in [4.69, 9.17) is 4.74 Å². The summed E-state index contributed by atoms with van der Waals surface area (Å²) >= 11 is 0. The van der Waals surface area contributed by atoms with Gasteiger partial charge in [-0.2, -0.15) is 0 Å². The first-order chi connectivity index (χ1) is 7.63. The number of hydrogen-bond acceptors (Lipinski definition) is 3. The second-order valence-corrected chi connectivity index (χ2v) is 4.32. The molecule has 0 aromatic carbocycles. The summed E-state index contributed by atoms with van der Waals surface area (Å²) in [7, 11) is 0. The van der Waals surface area contributed by atoms with Crippen LogP contribution in [0.1, 0.15) is 39.2 Å². The second-order valence-electron chi connectivity index (χ2n) is 4.32. The molecule has 1 rings (SSSR count). The Balaban J connectivity index is 2.56. The number of aromatic nitrogens is 1. The Morgan fingerprint density at radius 1 is 1.38 bits per heavy atom. The predicted molar refractivity (Wildman–Crippen MR) is 67.0 cm³/mol. The van der Waals surface area contributed by atoms with E-state index in [2.05, 4.69) is 31.1 Å². The summed E-state index contributed by atoms with van der Waals surface area (Å²) in [6.07, 6.45) is 1.96. The predicted octanol–water partition coefficient (Wildman–Crippen LogP) is 2.58. The van der Waals surface area contributed by atoms with Crippen molar-refractivity contribution in [1.82, 2.24) is 10.3 Å². The van der Waals surface area contributed by atoms with Gasteiger partial charge in [-0.1, -0.05) is 20.8 Å². The summed E-state index contributed by atoms with van der Waals surface area (Å²) in [5.74, 6) is 1.23. The number of likely N-dealkylation sites (N-methyl/N-ethyl adjacent to an activating group) is 1. The molecule has 0 aliphatic heterocycles. The smallest absolute Gasteiger partial charge is 0.213 e. The minimum Gasteiger partial charge on any atom is -0.473 e. The zero-order valence-corrected chi connectivity index (χ0v) is 10.7.